The minimum atomic E-state index is -4.78. The number of aryl methyl sites for hydroxylation is 1. The topological polar surface area (TPSA) is 136 Å². The maximum absolute atomic E-state index is 13.0. The Hall–Kier alpha value is -2.77. The molecule has 4 rings (SSSR count). The molecule has 0 amide bonds. The van der Waals surface area contributed by atoms with Crippen molar-refractivity contribution >= 4 is 21.7 Å². The lowest BCUT2D eigenvalue weighted by Gasteiger charge is -2.34. The number of nitrogen functional groups attached to an aromatic ring is 1. The molecule has 166 valence electrons. The molecule has 1 fully saturated rings. The van der Waals surface area contributed by atoms with Crippen LogP contribution in [-0.4, -0.2) is 45.5 Å². The van der Waals surface area contributed by atoms with E-state index >= 15 is 0 Å². The number of fused-ring (bicyclic) bond motifs is 1. The van der Waals surface area contributed by atoms with Gasteiger partial charge in [-0.15, -0.1) is 0 Å². The van der Waals surface area contributed by atoms with Gasteiger partial charge in [0.25, 0.3) is 0 Å². The maximum atomic E-state index is 13.0. The average molecular weight is 456 g/mol. The second kappa shape index (κ2) is 7.43. The fourth-order valence-corrected chi connectivity index (χ4v) is 4.76. The van der Waals surface area contributed by atoms with Crippen LogP contribution < -0.4 is 10.5 Å². The number of aromatic nitrogens is 4. The van der Waals surface area contributed by atoms with E-state index < -0.39 is 28.0 Å². The fraction of sp³-hybridized carbons (Fsp3) is 0.389. The molecule has 0 spiro atoms. The summed E-state index contributed by atoms with van der Waals surface area (Å²) in [5.74, 6) is -2.06. The van der Waals surface area contributed by atoms with Crippen LogP contribution in [0.15, 0.2) is 29.3 Å². The molecule has 0 atom stereocenters. The van der Waals surface area contributed by atoms with Crippen LogP contribution in [0.2, 0.25) is 0 Å². The Bertz CT molecular complexity index is 1250. The Morgan fingerprint density at radius 1 is 1.26 bits per heavy atom. The number of nitrogens with two attached hydrogens (primary N) is 1. The summed E-state index contributed by atoms with van der Waals surface area (Å²) in [5, 5.41) is 9.09. The zero-order valence-corrected chi connectivity index (χ0v) is 17.1. The van der Waals surface area contributed by atoms with E-state index in [0.29, 0.717) is 24.0 Å². The Labute approximate surface area is 175 Å². The maximum Gasteiger partial charge on any atom is 0.451 e. The molecule has 1 aliphatic carbocycles. The summed E-state index contributed by atoms with van der Waals surface area (Å²) in [7, 11) is -3.83. The van der Waals surface area contributed by atoms with Crippen LogP contribution in [0.3, 0.4) is 0 Å². The summed E-state index contributed by atoms with van der Waals surface area (Å²) in [6.45, 7) is 1.74. The molecule has 2 aromatic heterocycles. The van der Waals surface area contributed by atoms with Crippen LogP contribution in [0.1, 0.15) is 24.2 Å². The van der Waals surface area contributed by atoms with Gasteiger partial charge in [-0.05, 0) is 43.4 Å². The van der Waals surface area contributed by atoms with E-state index in [-0.39, 0.29) is 34.9 Å². The molecular formula is C18H19F3N6O3S. The average Bonchev–Trinajstić information content (AvgIpc) is 3.08. The normalized spacial score (nSPS) is 19.5. The highest BCUT2D eigenvalue weighted by molar-refractivity contribution is 7.89. The molecule has 3 aromatic rings. The van der Waals surface area contributed by atoms with E-state index in [0.717, 1.165) is 4.40 Å². The molecule has 0 saturated heterocycles. The second-order valence-electron chi connectivity index (χ2n) is 7.51. The molecule has 0 aliphatic heterocycles. The first-order valence-corrected chi connectivity index (χ1v) is 10.8. The van der Waals surface area contributed by atoms with E-state index in [1.807, 2.05) is 0 Å². The van der Waals surface area contributed by atoms with Crippen molar-refractivity contribution in [3.63, 3.8) is 0 Å². The zero-order valence-electron chi connectivity index (χ0n) is 16.3. The van der Waals surface area contributed by atoms with E-state index in [9.17, 15) is 21.6 Å². The summed E-state index contributed by atoms with van der Waals surface area (Å²) in [6.07, 6.45) is -2.32. The molecule has 31 heavy (non-hydrogen) atoms. The van der Waals surface area contributed by atoms with Gasteiger partial charge >= 0.3 is 6.18 Å². The lowest BCUT2D eigenvalue weighted by Crippen LogP contribution is -2.45. The number of halogens is 3. The number of alkyl halides is 3. The zero-order chi connectivity index (χ0) is 22.6. The molecule has 0 radical (unpaired) electrons. The number of imidazole rings is 1. The number of nitrogens with zero attached hydrogens (tertiary/aromatic N) is 4. The van der Waals surface area contributed by atoms with E-state index in [1.54, 1.807) is 13.0 Å². The van der Waals surface area contributed by atoms with Crippen molar-refractivity contribution in [2.24, 2.45) is 5.92 Å². The standard InChI is InChI=1S/C18H19F3N6O3S/c1-9-2-3-12(31(29,30)26-11-4-10(5-11)8-28)6-13(9)14-7-27-16(22)24-15(18(19,20)21)25-17(27)23-14/h2-3,6-7,10-11,26,28H,4-5,8H2,1H3,(H2,22,23,24,25)/t10-,11-. The van der Waals surface area contributed by atoms with Gasteiger partial charge in [-0.25, -0.2) is 18.1 Å². The molecular weight excluding hydrogens is 437 g/mol. The first-order chi connectivity index (χ1) is 14.5. The molecule has 0 bridgehead atoms. The van der Waals surface area contributed by atoms with E-state index in [2.05, 4.69) is 19.7 Å². The van der Waals surface area contributed by atoms with Gasteiger partial charge in [-0.2, -0.15) is 23.1 Å². The predicted octanol–water partition coefficient (Wildman–Crippen LogP) is 1.75. The van der Waals surface area contributed by atoms with Gasteiger partial charge in [0.2, 0.25) is 27.6 Å². The number of nitrogens with one attached hydrogen (secondary N) is 1. The number of aliphatic hydroxyl groups excluding tert-OH is 1. The third-order valence-corrected chi connectivity index (χ3v) is 6.74. The van der Waals surface area contributed by atoms with Gasteiger partial charge in [0, 0.05) is 24.4 Å². The number of anilines is 1. The van der Waals surface area contributed by atoms with Crippen LogP contribution in [0.25, 0.3) is 17.0 Å². The number of hydrogen-bond acceptors (Lipinski definition) is 7. The van der Waals surface area contributed by atoms with Crippen LogP contribution in [0, 0.1) is 12.8 Å². The van der Waals surface area contributed by atoms with Crippen LogP contribution in [0.5, 0.6) is 0 Å². The molecule has 2 heterocycles. The smallest absolute Gasteiger partial charge is 0.396 e. The lowest BCUT2D eigenvalue weighted by molar-refractivity contribution is -0.144. The third-order valence-electron chi connectivity index (χ3n) is 5.23. The highest BCUT2D eigenvalue weighted by Gasteiger charge is 2.36. The van der Waals surface area contributed by atoms with Gasteiger partial charge < -0.3 is 10.8 Å². The Morgan fingerprint density at radius 3 is 2.61 bits per heavy atom. The Balaban J connectivity index is 1.70. The van der Waals surface area contributed by atoms with E-state index in [4.69, 9.17) is 10.8 Å². The van der Waals surface area contributed by atoms with Gasteiger partial charge in [-0.1, -0.05) is 6.07 Å². The Kier molecular flexibility index (Phi) is 5.14. The van der Waals surface area contributed by atoms with Crippen molar-refractivity contribution in [3.05, 3.63) is 35.8 Å². The summed E-state index contributed by atoms with van der Waals surface area (Å²) >= 11 is 0. The summed E-state index contributed by atoms with van der Waals surface area (Å²) < 4.78 is 68.0. The number of aliphatic hydroxyl groups is 1. The van der Waals surface area contributed by atoms with Crippen LogP contribution >= 0.6 is 0 Å². The fourth-order valence-electron chi connectivity index (χ4n) is 3.47. The first-order valence-electron chi connectivity index (χ1n) is 9.32. The van der Waals surface area contributed by atoms with Crippen molar-refractivity contribution < 1.29 is 26.7 Å². The van der Waals surface area contributed by atoms with Crippen LogP contribution in [0.4, 0.5) is 19.1 Å². The van der Waals surface area contributed by atoms with Crippen molar-refractivity contribution in [1.82, 2.24) is 24.1 Å². The highest BCUT2D eigenvalue weighted by Crippen LogP contribution is 2.31. The minimum Gasteiger partial charge on any atom is -0.396 e. The molecule has 1 aromatic carbocycles. The van der Waals surface area contributed by atoms with Crippen molar-refractivity contribution in [2.45, 2.75) is 36.9 Å². The SMILES string of the molecule is Cc1ccc(S(=O)(=O)N[C@H]2C[C@H](CO)C2)cc1-c1cn2c(N)nc(C(F)(F)F)nc2n1. The van der Waals surface area contributed by atoms with Gasteiger partial charge in [-0.3, -0.25) is 4.40 Å². The van der Waals surface area contributed by atoms with E-state index in [1.165, 1.54) is 18.3 Å². The third kappa shape index (κ3) is 4.07. The second-order valence-corrected chi connectivity index (χ2v) is 9.23. The van der Waals surface area contributed by atoms with Crippen LogP contribution in [-0.2, 0) is 16.2 Å². The monoisotopic (exact) mass is 456 g/mol. The molecule has 0 unspecified atom stereocenters. The number of benzene rings is 1. The predicted molar refractivity (Wildman–Crippen MR) is 104 cm³/mol. The van der Waals surface area contributed by atoms with Gasteiger partial charge in [0.05, 0.1) is 10.6 Å². The molecule has 1 aliphatic rings. The van der Waals surface area contributed by atoms with Gasteiger partial charge in [0.15, 0.2) is 0 Å². The van der Waals surface area contributed by atoms with Gasteiger partial charge in [0.1, 0.15) is 0 Å². The molecule has 1 saturated carbocycles. The molecule has 13 heteroatoms. The lowest BCUT2D eigenvalue weighted by atomic mass is 9.82. The first kappa shape index (κ1) is 21.5. The Morgan fingerprint density at radius 2 is 1.97 bits per heavy atom. The highest BCUT2D eigenvalue weighted by atomic mass is 32.2. The summed E-state index contributed by atoms with van der Waals surface area (Å²) in [6, 6.07) is 4.17. The minimum absolute atomic E-state index is 0.00681. The number of hydrogen-bond donors (Lipinski definition) is 3. The molecule has 4 N–H and O–H groups in total. The summed E-state index contributed by atoms with van der Waals surface area (Å²) in [5.41, 5.74) is 6.90. The summed E-state index contributed by atoms with van der Waals surface area (Å²) in [4.78, 5) is 10.8. The number of sulfonamides is 1. The van der Waals surface area contributed by atoms with Crippen molar-refractivity contribution in [3.8, 4) is 11.3 Å². The molecule has 9 nitrogen and oxygen atoms in total. The van der Waals surface area contributed by atoms with Crippen molar-refractivity contribution in [2.75, 3.05) is 12.3 Å². The number of rotatable bonds is 5. The quantitative estimate of drug-likeness (QED) is 0.532. The largest absolute Gasteiger partial charge is 0.451 e. The van der Waals surface area contributed by atoms with Crippen molar-refractivity contribution in [1.29, 1.82) is 0 Å².